The van der Waals surface area contributed by atoms with Crippen molar-refractivity contribution < 1.29 is 11.4 Å². The molecule has 0 aliphatic heterocycles. The van der Waals surface area contributed by atoms with E-state index in [0.717, 1.165) is 56.8 Å². The summed E-state index contributed by atoms with van der Waals surface area (Å²) < 4.78 is 18.2. The maximum atomic E-state index is 6.08. The Morgan fingerprint density at radius 2 is 0.645 bits per heavy atom. The summed E-state index contributed by atoms with van der Waals surface area (Å²) in [6.45, 7) is 16.3. The lowest BCUT2D eigenvalue weighted by atomic mass is 10.0. The SMILES string of the molecule is CC(C)CCCCCC[O][Al]([O]CCCCCCC(C)C)[O]CCCCCCC(C)C. The lowest BCUT2D eigenvalue weighted by molar-refractivity contribution is 0.0885. The maximum Gasteiger partial charge on any atom is 0.905 e. The summed E-state index contributed by atoms with van der Waals surface area (Å²) in [5.74, 6) is 2.47. The van der Waals surface area contributed by atoms with Crippen molar-refractivity contribution in [3.63, 3.8) is 0 Å². The first-order valence-electron chi connectivity index (χ1n) is 13.8. The van der Waals surface area contributed by atoms with Crippen molar-refractivity contribution in [3.8, 4) is 0 Å². The minimum Gasteiger partial charge on any atom is -0.454 e. The molecule has 0 unspecified atom stereocenters. The van der Waals surface area contributed by atoms with Gasteiger partial charge in [0.05, 0.1) is 0 Å². The van der Waals surface area contributed by atoms with E-state index in [0.29, 0.717) is 0 Å². The minimum atomic E-state index is -1.96. The molecule has 0 bridgehead atoms. The van der Waals surface area contributed by atoms with E-state index in [1.165, 1.54) is 77.0 Å². The zero-order valence-electron chi connectivity index (χ0n) is 22.3. The summed E-state index contributed by atoms with van der Waals surface area (Å²) in [7, 11) is 0. The molecule has 4 heteroatoms. The van der Waals surface area contributed by atoms with Gasteiger partial charge < -0.3 is 11.4 Å². The van der Waals surface area contributed by atoms with Crippen LogP contribution >= 0.6 is 0 Å². The molecule has 0 rings (SSSR count). The van der Waals surface area contributed by atoms with Gasteiger partial charge in [0.1, 0.15) is 0 Å². The summed E-state index contributed by atoms with van der Waals surface area (Å²) in [4.78, 5) is 0. The largest absolute Gasteiger partial charge is 0.905 e. The van der Waals surface area contributed by atoms with Gasteiger partial charge in [-0.05, 0) is 37.0 Å². The summed E-state index contributed by atoms with van der Waals surface area (Å²) in [5.41, 5.74) is 0. The topological polar surface area (TPSA) is 27.7 Å². The number of unbranched alkanes of at least 4 members (excludes halogenated alkanes) is 9. The van der Waals surface area contributed by atoms with Gasteiger partial charge in [0.25, 0.3) is 0 Å². The second-order valence-corrected chi connectivity index (χ2v) is 12.3. The van der Waals surface area contributed by atoms with Crippen LogP contribution in [0.4, 0.5) is 0 Å². The molecule has 0 heterocycles. The summed E-state index contributed by atoms with van der Waals surface area (Å²) in [6, 6.07) is 0. The third-order valence-electron chi connectivity index (χ3n) is 5.79. The standard InChI is InChI=1S/3C9H19O.Al/c3*1-9(2)7-5-3-4-6-8-10;/h3*9H,3-8H2,1-2H3;/q3*-1;+3. The number of rotatable bonds is 24. The number of hydrogen-bond acceptors (Lipinski definition) is 3. The normalized spacial score (nSPS) is 11.9. The molecule has 0 aromatic heterocycles. The van der Waals surface area contributed by atoms with Gasteiger partial charge in [0.15, 0.2) is 0 Å². The average Bonchev–Trinajstić information content (AvgIpc) is 2.70. The monoisotopic (exact) mass is 456 g/mol. The second-order valence-electron chi connectivity index (χ2n) is 10.7. The van der Waals surface area contributed by atoms with Crippen LogP contribution in [-0.2, 0) is 11.4 Å². The molecule has 0 aliphatic rings. The van der Waals surface area contributed by atoms with E-state index in [2.05, 4.69) is 41.5 Å². The van der Waals surface area contributed by atoms with E-state index < -0.39 is 15.1 Å². The molecule has 0 aromatic rings. The molecule has 0 radical (unpaired) electrons. The van der Waals surface area contributed by atoms with Gasteiger partial charge in [0.2, 0.25) is 0 Å². The first kappa shape index (κ1) is 31.4. The van der Waals surface area contributed by atoms with E-state index >= 15 is 0 Å². The van der Waals surface area contributed by atoms with Crippen LogP contribution in [0.25, 0.3) is 0 Å². The fourth-order valence-electron chi connectivity index (χ4n) is 3.71. The van der Waals surface area contributed by atoms with Crippen LogP contribution in [0.1, 0.15) is 138 Å². The molecule has 0 aliphatic carbocycles. The molecule has 0 fully saturated rings. The molecule has 0 amide bonds. The quantitative estimate of drug-likeness (QED) is 0.107. The van der Waals surface area contributed by atoms with Crippen LogP contribution in [0, 0.1) is 17.8 Å². The molecule has 0 saturated heterocycles. The average molecular weight is 457 g/mol. The predicted molar refractivity (Wildman–Crippen MR) is 137 cm³/mol. The highest BCUT2D eigenvalue weighted by Crippen LogP contribution is 2.12. The highest BCUT2D eigenvalue weighted by atomic mass is 27.3. The van der Waals surface area contributed by atoms with Crippen molar-refractivity contribution in [1.29, 1.82) is 0 Å². The summed E-state index contributed by atoms with van der Waals surface area (Å²) in [6.07, 6.45) is 19.2. The highest BCUT2D eigenvalue weighted by Gasteiger charge is 2.30. The summed E-state index contributed by atoms with van der Waals surface area (Å²) in [5, 5.41) is 0. The molecule has 0 aromatic carbocycles. The van der Waals surface area contributed by atoms with Gasteiger partial charge >= 0.3 is 15.1 Å². The summed E-state index contributed by atoms with van der Waals surface area (Å²) >= 11 is -1.96. The Morgan fingerprint density at radius 1 is 0.387 bits per heavy atom. The smallest absolute Gasteiger partial charge is 0.454 e. The fourth-order valence-corrected chi connectivity index (χ4v) is 5.07. The van der Waals surface area contributed by atoms with Crippen molar-refractivity contribution in [3.05, 3.63) is 0 Å². The lowest BCUT2D eigenvalue weighted by Gasteiger charge is -2.14. The molecular formula is C27H57AlO3. The molecular weight excluding hydrogens is 399 g/mol. The van der Waals surface area contributed by atoms with E-state index in [9.17, 15) is 0 Å². The zero-order valence-corrected chi connectivity index (χ0v) is 23.4. The van der Waals surface area contributed by atoms with Gasteiger partial charge in [-0.25, -0.2) is 0 Å². The van der Waals surface area contributed by atoms with Crippen LogP contribution < -0.4 is 0 Å². The van der Waals surface area contributed by atoms with Gasteiger partial charge in [-0.3, -0.25) is 0 Å². The Morgan fingerprint density at radius 3 is 0.903 bits per heavy atom. The molecule has 0 atom stereocenters. The van der Waals surface area contributed by atoms with Gasteiger partial charge in [-0.1, -0.05) is 119 Å². The Kier molecular flexibility index (Phi) is 23.9. The Hall–Kier alpha value is 0.412. The van der Waals surface area contributed by atoms with E-state index in [4.69, 9.17) is 11.4 Å². The van der Waals surface area contributed by atoms with Crippen LogP contribution in [-0.4, -0.2) is 35.0 Å². The van der Waals surface area contributed by atoms with Crippen molar-refractivity contribution in [1.82, 2.24) is 0 Å². The second kappa shape index (κ2) is 23.6. The molecule has 186 valence electrons. The van der Waals surface area contributed by atoms with Gasteiger partial charge in [-0.2, -0.15) is 0 Å². The highest BCUT2D eigenvalue weighted by molar-refractivity contribution is 6.36. The Labute approximate surface area is 201 Å². The molecule has 0 saturated carbocycles. The van der Waals surface area contributed by atoms with Crippen LogP contribution in [0.15, 0.2) is 0 Å². The van der Waals surface area contributed by atoms with Crippen LogP contribution in [0.3, 0.4) is 0 Å². The molecule has 0 spiro atoms. The lowest BCUT2D eigenvalue weighted by Crippen LogP contribution is -2.28. The van der Waals surface area contributed by atoms with Gasteiger partial charge in [-0.15, -0.1) is 0 Å². The third kappa shape index (κ3) is 26.5. The van der Waals surface area contributed by atoms with Crippen LogP contribution in [0.2, 0.25) is 0 Å². The van der Waals surface area contributed by atoms with Crippen molar-refractivity contribution >= 4 is 15.1 Å². The predicted octanol–water partition coefficient (Wildman–Crippen LogP) is 8.84. The minimum absolute atomic E-state index is 0.807. The number of hydrogen-bond donors (Lipinski definition) is 0. The van der Waals surface area contributed by atoms with E-state index in [1.807, 2.05) is 0 Å². The molecule has 0 N–H and O–H groups in total. The zero-order chi connectivity index (χ0) is 23.2. The van der Waals surface area contributed by atoms with Crippen LogP contribution in [0.5, 0.6) is 0 Å². The van der Waals surface area contributed by atoms with Gasteiger partial charge in [0, 0.05) is 19.8 Å². The molecule has 3 nitrogen and oxygen atoms in total. The fraction of sp³-hybridized carbons (Fsp3) is 1.00. The van der Waals surface area contributed by atoms with E-state index in [1.54, 1.807) is 0 Å². The van der Waals surface area contributed by atoms with Crippen molar-refractivity contribution in [2.45, 2.75) is 138 Å². The Balaban J connectivity index is 3.90. The first-order valence-corrected chi connectivity index (χ1v) is 15.2. The third-order valence-corrected chi connectivity index (χ3v) is 7.31. The van der Waals surface area contributed by atoms with Crippen molar-refractivity contribution in [2.75, 3.05) is 19.8 Å². The Bertz CT molecular complexity index is 295. The maximum absolute atomic E-state index is 6.08. The van der Waals surface area contributed by atoms with Crippen molar-refractivity contribution in [2.24, 2.45) is 17.8 Å². The first-order chi connectivity index (χ1) is 14.9. The molecule has 31 heavy (non-hydrogen) atoms. The van der Waals surface area contributed by atoms with E-state index in [-0.39, 0.29) is 0 Å².